The van der Waals surface area contributed by atoms with Gasteiger partial charge in [-0.05, 0) is 268 Å². The lowest BCUT2D eigenvalue weighted by atomic mass is 10.0. The summed E-state index contributed by atoms with van der Waals surface area (Å²) in [5, 5.41) is 38.0. The Morgan fingerprint density at radius 3 is 1.20 bits per heavy atom. The Balaban J connectivity index is 2.23. The van der Waals surface area contributed by atoms with Crippen molar-refractivity contribution in [1.29, 1.82) is 0 Å². The zero-order valence-corrected chi connectivity index (χ0v) is 94.0. The van der Waals surface area contributed by atoms with Crippen LogP contribution in [0.4, 0.5) is 0 Å². The average Bonchev–Trinajstić information content (AvgIpc) is 0.845. The van der Waals surface area contributed by atoms with Crippen molar-refractivity contribution < 1.29 is 139 Å². The Hall–Kier alpha value is -10.0. The second-order valence-corrected chi connectivity index (χ2v) is 45.5. The number of carbonyl (C=O) groups excluding carboxylic acids is 18. The number of hydrogen-bond acceptors (Lipinski definition) is 33. The molecule has 0 aliphatic carbocycles. The van der Waals surface area contributed by atoms with Crippen LogP contribution < -0.4 is 58.5 Å². The summed E-state index contributed by atoms with van der Waals surface area (Å²) in [4.78, 5) is 264. The second-order valence-electron chi connectivity index (χ2n) is 43.3. The molecule has 1 aliphatic rings. The van der Waals surface area contributed by atoms with Gasteiger partial charge in [0.05, 0.1) is 59.0 Å². The molecule has 1 aromatic rings. The summed E-state index contributed by atoms with van der Waals surface area (Å²) in [6.45, 7) is 37.9. The zero-order valence-electron chi connectivity index (χ0n) is 91.0. The highest BCUT2D eigenvalue weighted by atomic mass is 127. The molecule has 1 heterocycles. The standard InChI is InChI=1S/C101H170IN15O29S/c1-66(2)87(113-92(135)73(44-59-147-24)109-78(121)61-106-75(118)39-38-74(94(137)146-101(21,22)23)117-54-52-115(63-85(129)144-99(15,16)17)50-48-114(62-84(128)143-98(12,13)14)49-51-116(53-55-117)64-86(130)145-100(18,19)20)93(136)107-60-77(120)103-45-26-25-29-69(108-76(119)30-27-28-67-31-33-68(102)34-32-67)88(131)105-47-56-138-57-58-139-65-79(122)110-71(36-41-82(126)141-96(6,7)8)90(133)112-72(37-42-83(127)142-97(9,10)11)91(134)111-70(89(132)104-46-43-80(123)124)35-40-81(125)140-95(3,4)5/h31-34,66,69-74,87H,25-30,35-65H2,1-24H3,(H,103,120)(H,104,132)(H,105,131)(H,106,118)(H,107,136)(H,108,119)(H,109,121)(H,110,122)(H,111,134)(H,112,133)(H,113,135)(H,123,124)/t69-,70+,71+,72+,73-,74+,87-/m0/s1. The average molecular weight is 2220 g/mol. The van der Waals surface area contributed by atoms with Gasteiger partial charge in [-0.2, -0.15) is 11.8 Å². The van der Waals surface area contributed by atoms with Crippen LogP contribution in [0.25, 0.3) is 0 Å². The number of carboxylic acids is 1. The highest BCUT2D eigenvalue weighted by molar-refractivity contribution is 14.1. The molecule has 1 aromatic carbocycles. The molecule has 2 rings (SSSR count). The number of aliphatic carboxylic acids is 1. The van der Waals surface area contributed by atoms with Crippen LogP contribution in [-0.4, -0.2) is 362 Å². The third kappa shape index (κ3) is 66.2. The number of esters is 7. The number of aryl methyl sites for hydroxylation is 1. The van der Waals surface area contributed by atoms with Crippen molar-refractivity contribution in [3.8, 4) is 0 Å². The summed E-state index contributed by atoms with van der Waals surface area (Å²) in [5.74, 6) is -13.8. The molecule has 7 atom stereocenters. The molecule has 0 bridgehead atoms. The molecule has 836 valence electrons. The van der Waals surface area contributed by atoms with Gasteiger partial charge in [-0.1, -0.05) is 26.0 Å². The predicted octanol–water partition coefficient (Wildman–Crippen LogP) is 4.29. The van der Waals surface area contributed by atoms with E-state index in [0.29, 0.717) is 31.4 Å². The largest absolute Gasteiger partial charge is 0.481 e. The van der Waals surface area contributed by atoms with E-state index >= 15 is 0 Å². The molecule has 0 aromatic heterocycles. The van der Waals surface area contributed by atoms with Gasteiger partial charge < -0.3 is 106 Å². The molecule has 0 unspecified atom stereocenters. The highest BCUT2D eigenvalue weighted by Crippen LogP contribution is 2.22. The third-order valence-corrected chi connectivity index (χ3v) is 22.3. The van der Waals surface area contributed by atoms with E-state index in [4.69, 9.17) is 42.6 Å². The SMILES string of the molecule is CSCC[C@H](NC(=O)CNC(=O)CC[C@H](C(=O)OC(C)(C)C)N1CCN(CC(=O)OC(C)(C)C)CCN(CC(=O)OC(C)(C)C)CCN(CC(=O)OC(C)(C)C)CC1)C(=O)N[C@H](C(=O)NCC(=O)NCCCC[C@H](NC(=O)CCCc1ccc(I)cc1)C(=O)NCCOCCOCC(=O)N[C@H](CCC(=O)OC(C)(C)C)C(=O)N[C@H](CCC(=O)OC(C)(C)C)C(=O)N[C@H](CCC(=O)OC(C)(C)C)C(=O)NCCC(=O)O)C(C)C. The van der Waals surface area contributed by atoms with E-state index in [1.807, 2.05) is 43.9 Å². The topological polar surface area (TPSA) is 573 Å². The van der Waals surface area contributed by atoms with Gasteiger partial charge in [0.25, 0.3) is 0 Å². The number of carbonyl (C=O) groups is 19. The minimum atomic E-state index is -1.63. The van der Waals surface area contributed by atoms with Gasteiger partial charge in [0, 0.05) is 108 Å². The molecule has 0 saturated carbocycles. The van der Waals surface area contributed by atoms with Crippen molar-refractivity contribution in [3.05, 3.63) is 33.4 Å². The van der Waals surface area contributed by atoms with Crippen LogP contribution >= 0.6 is 34.4 Å². The second kappa shape index (κ2) is 66.5. The number of rotatable bonds is 60. The molecule has 11 amide bonds. The third-order valence-electron chi connectivity index (χ3n) is 20.9. The van der Waals surface area contributed by atoms with Crippen molar-refractivity contribution in [1.82, 2.24) is 78.1 Å². The molecule has 1 aliphatic heterocycles. The molecule has 44 nitrogen and oxygen atoms in total. The van der Waals surface area contributed by atoms with Crippen molar-refractivity contribution in [2.45, 2.75) is 343 Å². The van der Waals surface area contributed by atoms with Crippen LogP contribution in [0.15, 0.2) is 24.3 Å². The van der Waals surface area contributed by atoms with Gasteiger partial charge >= 0.3 is 47.8 Å². The monoisotopic (exact) mass is 2220 g/mol. The number of thioether (sulfide) groups is 1. The summed E-state index contributed by atoms with van der Waals surface area (Å²) < 4.78 is 51.7. The van der Waals surface area contributed by atoms with Crippen LogP contribution in [0.2, 0.25) is 0 Å². The molecular formula is C101H170IN15O29S. The predicted molar refractivity (Wildman–Crippen MR) is 557 cm³/mol. The summed E-state index contributed by atoms with van der Waals surface area (Å²) >= 11 is 3.59. The number of hydrogen-bond donors (Lipinski definition) is 12. The van der Waals surface area contributed by atoms with Crippen molar-refractivity contribution in [3.63, 3.8) is 0 Å². The Bertz CT molecular complexity index is 4360. The first-order chi connectivity index (χ1) is 68.1. The van der Waals surface area contributed by atoms with Crippen LogP contribution in [0.1, 0.15) is 261 Å². The fourth-order valence-electron chi connectivity index (χ4n) is 14.3. The molecular weight excluding hydrogens is 2050 g/mol. The van der Waals surface area contributed by atoms with E-state index in [2.05, 4.69) is 81.1 Å². The quantitative estimate of drug-likeness (QED) is 0.0187. The van der Waals surface area contributed by atoms with Crippen LogP contribution in [-0.2, 0) is 140 Å². The summed E-state index contributed by atoms with van der Waals surface area (Å²) in [7, 11) is 0. The van der Waals surface area contributed by atoms with E-state index < -0.39 is 240 Å². The Morgan fingerprint density at radius 1 is 0.354 bits per heavy atom. The molecule has 0 radical (unpaired) electrons. The van der Waals surface area contributed by atoms with E-state index in [9.17, 15) is 96.2 Å². The number of ether oxygens (including phenoxy) is 9. The van der Waals surface area contributed by atoms with Crippen molar-refractivity contribution in [2.75, 3.05) is 143 Å². The van der Waals surface area contributed by atoms with Crippen LogP contribution in [0.3, 0.4) is 0 Å². The summed E-state index contributed by atoms with van der Waals surface area (Å²) in [5.41, 5.74) is -5.15. The smallest absolute Gasteiger partial charge is 0.323 e. The number of nitrogens with one attached hydrogen (secondary N) is 11. The zero-order chi connectivity index (χ0) is 111. The van der Waals surface area contributed by atoms with E-state index in [-0.39, 0.29) is 169 Å². The molecule has 147 heavy (non-hydrogen) atoms. The summed E-state index contributed by atoms with van der Waals surface area (Å²) in [6, 6.07) is -1.33. The molecule has 12 N–H and O–H groups in total. The number of amides is 11. The van der Waals surface area contributed by atoms with Gasteiger partial charge in [0.15, 0.2) is 0 Å². The normalized spacial score (nSPS) is 15.0. The number of benzene rings is 1. The molecule has 1 saturated heterocycles. The minimum absolute atomic E-state index is 0.0428. The molecule has 46 heteroatoms. The van der Waals surface area contributed by atoms with Crippen LogP contribution in [0, 0.1) is 9.49 Å². The molecule has 1 fully saturated rings. The van der Waals surface area contributed by atoms with Crippen molar-refractivity contribution >= 4 is 147 Å². The van der Waals surface area contributed by atoms with Gasteiger partial charge in [0.1, 0.15) is 88.1 Å². The maximum absolute atomic E-state index is 14.5. The Labute approximate surface area is 884 Å². The molecule has 0 spiro atoms. The van der Waals surface area contributed by atoms with E-state index in [0.717, 1.165) is 9.13 Å². The van der Waals surface area contributed by atoms with Crippen molar-refractivity contribution in [2.24, 2.45) is 5.92 Å². The first-order valence-corrected chi connectivity index (χ1v) is 52.8. The van der Waals surface area contributed by atoms with Gasteiger partial charge in [-0.15, -0.1) is 0 Å². The number of halogens is 1. The lowest BCUT2D eigenvalue weighted by Gasteiger charge is -2.37. The summed E-state index contributed by atoms with van der Waals surface area (Å²) in [6.07, 6.45) is 0.573. The highest BCUT2D eigenvalue weighted by Gasteiger charge is 2.38. The first kappa shape index (κ1) is 133. The Kier molecular flexibility index (Phi) is 60.2. The minimum Gasteiger partial charge on any atom is -0.481 e. The maximum Gasteiger partial charge on any atom is 0.323 e. The Morgan fingerprint density at radius 2 is 0.748 bits per heavy atom. The fourth-order valence-corrected chi connectivity index (χ4v) is 15.1. The van der Waals surface area contributed by atoms with E-state index in [1.165, 1.54) is 11.8 Å². The lowest BCUT2D eigenvalue weighted by Crippen LogP contribution is -2.57. The van der Waals surface area contributed by atoms with Crippen LogP contribution in [0.5, 0.6) is 0 Å². The maximum atomic E-state index is 14.5. The van der Waals surface area contributed by atoms with Gasteiger partial charge in [-0.25, -0.2) is 0 Å². The lowest BCUT2D eigenvalue weighted by molar-refractivity contribution is -0.163. The number of nitrogens with zero attached hydrogens (tertiary/aromatic N) is 4. The van der Waals surface area contributed by atoms with E-state index in [1.54, 1.807) is 166 Å². The fraction of sp³-hybridized carbons (Fsp3) is 0.752. The first-order valence-electron chi connectivity index (χ1n) is 50.4. The van der Waals surface area contributed by atoms with Gasteiger partial charge in [0.2, 0.25) is 65.0 Å². The van der Waals surface area contributed by atoms with Gasteiger partial charge in [-0.3, -0.25) is 111 Å². The number of unbranched alkanes of at least 4 members (excludes halogenated alkanes) is 1. The number of carboxylic acid groups (broad SMARTS) is 1.